The Morgan fingerprint density at radius 1 is 1.22 bits per heavy atom. The summed E-state index contributed by atoms with van der Waals surface area (Å²) in [6, 6.07) is 7.37. The number of rotatable bonds is 5. The van der Waals surface area contributed by atoms with E-state index in [9.17, 15) is 4.79 Å². The highest BCUT2D eigenvalue weighted by Crippen LogP contribution is 2.36. The van der Waals surface area contributed by atoms with E-state index >= 15 is 0 Å². The lowest BCUT2D eigenvalue weighted by Crippen LogP contribution is -2.56. The van der Waals surface area contributed by atoms with Gasteiger partial charge in [-0.1, -0.05) is 41.8 Å². The average molecular weight is 406 g/mol. The predicted octanol–water partition coefficient (Wildman–Crippen LogP) is 3.01. The van der Waals surface area contributed by atoms with Gasteiger partial charge in [-0.15, -0.1) is 5.10 Å². The maximum absolute atomic E-state index is 12.7. The number of thioether (sulfide) groups is 1. The quantitative estimate of drug-likeness (QED) is 0.828. The van der Waals surface area contributed by atoms with Gasteiger partial charge < -0.3 is 5.32 Å². The normalized spacial score (nSPS) is 19.9. The molecule has 2 aromatic rings. The van der Waals surface area contributed by atoms with Crippen LogP contribution in [-0.4, -0.2) is 62.5 Å². The van der Waals surface area contributed by atoms with E-state index in [1.54, 1.807) is 16.9 Å². The van der Waals surface area contributed by atoms with Gasteiger partial charge in [0.2, 0.25) is 0 Å². The number of nitrogens with zero attached hydrogens (tertiary/aromatic N) is 4. The summed E-state index contributed by atoms with van der Waals surface area (Å²) in [4.78, 5) is 15.3. The van der Waals surface area contributed by atoms with Crippen LogP contribution in [0.25, 0.3) is 5.69 Å². The zero-order valence-electron chi connectivity index (χ0n) is 15.2. The van der Waals surface area contributed by atoms with Crippen molar-refractivity contribution in [2.45, 2.75) is 31.2 Å². The first-order valence-electron chi connectivity index (χ1n) is 9.46. The number of carbonyl (C=O) groups is 1. The lowest BCUT2D eigenvalue weighted by molar-refractivity contribution is 0.0813. The summed E-state index contributed by atoms with van der Waals surface area (Å²) in [5.74, 6) is 2.19. The highest BCUT2D eigenvalue weighted by atomic mass is 35.5. The third kappa shape index (κ3) is 4.00. The molecule has 1 saturated heterocycles. The largest absolute Gasteiger partial charge is 0.349 e. The Morgan fingerprint density at radius 2 is 1.96 bits per heavy atom. The number of benzene rings is 1. The molecule has 0 unspecified atom stereocenters. The van der Waals surface area contributed by atoms with E-state index in [0.717, 1.165) is 25.9 Å². The molecular formula is C19H24ClN5OS. The van der Waals surface area contributed by atoms with Crippen LogP contribution in [-0.2, 0) is 0 Å². The molecule has 1 amide bonds. The smallest absolute Gasteiger partial charge is 0.273 e. The molecule has 1 aromatic heterocycles. The van der Waals surface area contributed by atoms with Crippen LogP contribution >= 0.6 is 23.4 Å². The molecule has 1 aromatic carbocycles. The van der Waals surface area contributed by atoms with Gasteiger partial charge in [0.05, 0.1) is 16.9 Å². The van der Waals surface area contributed by atoms with Crippen LogP contribution in [0.2, 0.25) is 5.02 Å². The van der Waals surface area contributed by atoms with Crippen molar-refractivity contribution in [3.63, 3.8) is 0 Å². The molecule has 8 heteroatoms. The number of nitrogens with one attached hydrogen (secondary N) is 1. The lowest BCUT2D eigenvalue weighted by atomic mass is 9.94. The standard InChI is InChI=1S/C19H24ClN5OS/c20-15-5-1-2-6-17(15)25-13-16(22-23-25)18(26)21-14-19(7-3-4-8-19)24-9-11-27-12-10-24/h1-2,5-6,13H,3-4,7-12,14H2,(H,21,26). The summed E-state index contributed by atoms with van der Waals surface area (Å²) in [5, 5.41) is 11.8. The van der Waals surface area contributed by atoms with Crippen molar-refractivity contribution in [3.05, 3.63) is 41.2 Å². The maximum atomic E-state index is 12.7. The van der Waals surface area contributed by atoms with E-state index in [-0.39, 0.29) is 11.4 Å². The van der Waals surface area contributed by atoms with E-state index in [1.807, 2.05) is 30.0 Å². The molecule has 2 fully saturated rings. The molecule has 0 radical (unpaired) electrons. The van der Waals surface area contributed by atoms with Crippen LogP contribution in [0.15, 0.2) is 30.5 Å². The third-order valence-electron chi connectivity index (χ3n) is 5.62. The van der Waals surface area contributed by atoms with E-state index < -0.39 is 0 Å². The van der Waals surface area contributed by atoms with Gasteiger partial charge in [0.15, 0.2) is 5.69 Å². The second-order valence-corrected chi connectivity index (χ2v) is 8.85. The summed E-state index contributed by atoms with van der Waals surface area (Å²) >= 11 is 8.22. The summed E-state index contributed by atoms with van der Waals surface area (Å²) < 4.78 is 1.55. The van der Waals surface area contributed by atoms with E-state index in [1.165, 1.54) is 24.3 Å². The van der Waals surface area contributed by atoms with Crippen LogP contribution < -0.4 is 5.32 Å². The van der Waals surface area contributed by atoms with Gasteiger partial charge in [-0.3, -0.25) is 9.69 Å². The molecule has 4 rings (SSSR count). The first kappa shape index (κ1) is 18.8. The molecule has 2 heterocycles. The van der Waals surface area contributed by atoms with Crippen molar-refractivity contribution in [1.82, 2.24) is 25.2 Å². The molecular weight excluding hydrogens is 382 g/mol. The molecule has 144 valence electrons. The minimum atomic E-state index is -0.175. The lowest BCUT2D eigenvalue weighted by Gasteiger charge is -2.43. The van der Waals surface area contributed by atoms with Crippen LogP contribution in [0.3, 0.4) is 0 Å². The second kappa shape index (κ2) is 8.20. The van der Waals surface area contributed by atoms with E-state index in [4.69, 9.17) is 11.6 Å². The van der Waals surface area contributed by atoms with Gasteiger partial charge in [-0.25, -0.2) is 4.68 Å². The molecule has 2 aliphatic rings. The Bertz CT molecular complexity index is 799. The minimum Gasteiger partial charge on any atom is -0.349 e. The zero-order valence-corrected chi connectivity index (χ0v) is 16.8. The highest BCUT2D eigenvalue weighted by Gasteiger charge is 2.40. The number of carbonyl (C=O) groups excluding carboxylic acids is 1. The van der Waals surface area contributed by atoms with Crippen molar-refractivity contribution in [1.29, 1.82) is 0 Å². The fraction of sp³-hybridized carbons (Fsp3) is 0.526. The SMILES string of the molecule is O=C(NCC1(N2CCSCC2)CCCC1)c1cn(-c2ccccc2Cl)nn1. The molecule has 0 spiro atoms. The first-order chi connectivity index (χ1) is 13.2. The first-order valence-corrected chi connectivity index (χ1v) is 11.0. The number of halogens is 1. The Labute approximate surface area is 168 Å². The van der Waals surface area contributed by atoms with E-state index in [2.05, 4.69) is 20.5 Å². The van der Waals surface area contributed by atoms with Gasteiger partial charge >= 0.3 is 0 Å². The van der Waals surface area contributed by atoms with Crippen LogP contribution in [0, 0.1) is 0 Å². The monoisotopic (exact) mass is 405 g/mol. The number of hydrogen-bond donors (Lipinski definition) is 1. The third-order valence-corrected chi connectivity index (χ3v) is 6.88. The number of hydrogen-bond acceptors (Lipinski definition) is 5. The van der Waals surface area contributed by atoms with Crippen LogP contribution in [0.1, 0.15) is 36.2 Å². The highest BCUT2D eigenvalue weighted by molar-refractivity contribution is 7.99. The van der Waals surface area contributed by atoms with Gasteiger partial charge in [0, 0.05) is 36.7 Å². The topological polar surface area (TPSA) is 63.1 Å². The molecule has 1 N–H and O–H groups in total. The van der Waals surface area contributed by atoms with Crippen LogP contribution in [0.4, 0.5) is 0 Å². The summed E-state index contributed by atoms with van der Waals surface area (Å²) in [6.45, 7) is 2.90. The molecule has 1 saturated carbocycles. The number of aromatic nitrogens is 3. The Kier molecular flexibility index (Phi) is 5.71. The van der Waals surface area contributed by atoms with Crippen molar-refractivity contribution in [2.75, 3.05) is 31.1 Å². The predicted molar refractivity (Wildman–Crippen MR) is 109 cm³/mol. The van der Waals surface area contributed by atoms with Gasteiger partial charge in [-0.05, 0) is 25.0 Å². The Balaban J connectivity index is 1.44. The minimum absolute atomic E-state index is 0.107. The molecule has 27 heavy (non-hydrogen) atoms. The fourth-order valence-corrected chi connectivity index (χ4v) is 5.26. The van der Waals surface area contributed by atoms with Gasteiger partial charge in [-0.2, -0.15) is 11.8 Å². The molecule has 6 nitrogen and oxygen atoms in total. The molecule has 1 aliphatic heterocycles. The Hall–Kier alpha value is -1.57. The molecule has 0 atom stereocenters. The zero-order chi connectivity index (χ0) is 18.7. The maximum Gasteiger partial charge on any atom is 0.273 e. The van der Waals surface area contributed by atoms with Crippen LogP contribution in [0.5, 0.6) is 0 Å². The van der Waals surface area contributed by atoms with Gasteiger partial charge in [0.25, 0.3) is 5.91 Å². The number of amides is 1. The second-order valence-electron chi connectivity index (χ2n) is 7.21. The van der Waals surface area contributed by atoms with Crippen molar-refractivity contribution in [2.24, 2.45) is 0 Å². The average Bonchev–Trinajstić information content (AvgIpc) is 3.38. The molecule has 0 bridgehead atoms. The molecule has 1 aliphatic carbocycles. The number of para-hydroxylation sites is 1. The van der Waals surface area contributed by atoms with Crippen molar-refractivity contribution < 1.29 is 4.79 Å². The van der Waals surface area contributed by atoms with Crippen molar-refractivity contribution >= 4 is 29.3 Å². The van der Waals surface area contributed by atoms with Crippen molar-refractivity contribution in [3.8, 4) is 5.69 Å². The Morgan fingerprint density at radius 3 is 2.70 bits per heavy atom. The van der Waals surface area contributed by atoms with E-state index in [0.29, 0.717) is 22.9 Å². The summed E-state index contributed by atoms with van der Waals surface area (Å²) in [5.41, 5.74) is 1.14. The summed E-state index contributed by atoms with van der Waals surface area (Å²) in [7, 11) is 0. The summed E-state index contributed by atoms with van der Waals surface area (Å²) in [6.07, 6.45) is 6.42. The van der Waals surface area contributed by atoms with Gasteiger partial charge in [0.1, 0.15) is 0 Å². The fourth-order valence-electron chi connectivity index (χ4n) is 4.13.